The van der Waals surface area contributed by atoms with E-state index in [1.807, 2.05) is 42.6 Å². The first-order chi connectivity index (χ1) is 11.9. The van der Waals surface area contributed by atoms with Gasteiger partial charge in [0.05, 0.1) is 5.69 Å². The van der Waals surface area contributed by atoms with Gasteiger partial charge in [-0.05, 0) is 30.0 Å². The number of aromatic nitrogens is 2. The smallest absolute Gasteiger partial charge is 0.142 e. The molecule has 0 radical (unpaired) electrons. The molecule has 0 fully saturated rings. The van der Waals surface area contributed by atoms with Gasteiger partial charge in [-0.25, -0.2) is 4.98 Å². The van der Waals surface area contributed by atoms with Gasteiger partial charge in [0, 0.05) is 37.0 Å². The quantitative estimate of drug-likeness (QED) is 0.660. The lowest BCUT2D eigenvalue weighted by Gasteiger charge is -2.16. The van der Waals surface area contributed by atoms with E-state index in [1.54, 1.807) is 17.5 Å². The molecule has 2 heterocycles. The molecule has 2 N–H and O–H groups in total. The van der Waals surface area contributed by atoms with Gasteiger partial charge in [-0.3, -0.25) is 4.98 Å². The van der Waals surface area contributed by atoms with E-state index < -0.39 is 0 Å². The zero-order valence-electron chi connectivity index (χ0n) is 13.4. The Morgan fingerprint density at radius 1 is 1.04 bits per heavy atom. The second kappa shape index (κ2) is 8.68. The van der Waals surface area contributed by atoms with Crippen molar-refractivity contribution in [3.63, 3.8) is 0 Å². The second-order valence-electron chi connectivity index (χ2n) is 5.60. The summed E-state index contributed by atoms with van der Waals surface area (Å²) in [5, 5.41) is 13.7. The Balaban J connectivity index is 1.56. The molecule has 4 nitrogen and oxygen atoms in total. The minimum absolute atomic E-state index is 0.200. The predicted octanol–water partition coefficient (Wildman–Crippen LogP) is 3.46. The van der Waals surface area contributed by atoms with E-state index in [0.29, 0.717) is 5.92 Å². The van der Waals surface area contributed by atoms with E-state index in [-0.39, 0.29) is 6.61 Å². The van der Waals surface area contributed by atoms with Crippen molar-refractivity contribution in [3.05, 3.63) is 71.4 Å². The molecular formula is C19H21N3OS. The third-order valence-corrected chi connectivity index (χ3v) is 4.90. The molecule has 3 rings (SSSR count). The van der Waals surface area contributed by atoms with Crippen molar-refractivity contribution in [2.24, 2.45) is 0 Å². The number of nitrogens with one attached hydrogen (secondary N) is 1. The largest absolute Gasteiger partial charge is 0.396 e. The Hall–Kier alpha value is -2.08. The van der Waals surface area contributed by atoms with Gasteiger partial charge in [-0.2, -0.15) is 0 Å². The van der Waals surface area contributed by atoms with E-state index in [1.165, 1.54) is 10.4 Å². The lowest BCUT2D eigenvalue weighted by atomic mass is 9.96. The topological polar surface area (TPSA) is 58.0 Å². The molecular weight excluding hydrogens is 318 g/mol. The molecule has 0 saturated carbocycles. The summed E-state index contributed by atoms with van der Waals surface area (Å²) in [6.07, 6.45) is 4.46. The van der Waals surface area contributed by atoms with Crippen molar-refractivity contribution < 1.29 is 5.11 Å². The summed E-state index contributed by atoms with van der Waals surface area (Å²) >= 11 is 1.66. The molecule has 0 amide bonds. The van der Waals surface area contributed by atoms with Gasteiger partial charge < -0.3 is 10.4 Å². The van der Waals surface area contributed by atoms with Crippen LogP contribution in [0.5, 0.6) is 0 Å². The van der Waals surface area contributed by atoms with Crippen molar-refractivity contribution in [2.45, 2.75) is 18.9 Å². The maximum Gasteiger partial charge on any atom is 0.142 e. The molecule has 3 aromatic rings. The lowest BCUT2D eigenvalue weighted by molar-refractivity contribution is 0.273. The molecule has 24 heavy (non-hydrogen) atoms. The SMILES string of the molecule is OCCC(CNCc1cnc(-c2ccccn2)s1)c1ccccc1. The first kappa shape index (κ1) is 16.8. The number of aliphatic hydroxyl groups excluding tert-OH is 1. The van der Waals surface area contributed by atoms with E-state index in [9.17, 15) is 5.11 Å². The molecule has 0 bridgehead atoms. The molecule has 124 valence electrons. The number of thiazole rings is 1. The van der Waals surface area contributed by atoms with Crippen molar-refractivity contribution >= 4 is 11.3 Å². The van der Waals surface area contributed by atoms with E-state index in [4.69, 9.17) is 0 Å². The molecule has 0 aliphatic carbocycles. The fourth-order valence-electron chi connectivity index (χ4n) is 2.63. The summed E-state index contributed by atoms with van der Waals surface area (Å²) in [5.41, 5.74) is 2.17. The monoisotopic (exact) mass is 339 g/mol. The Bertz CT molecular complexity index is 731. The maximum atomic E-state index is 9.30. The molecule has 0 spiro atoms. The number of rotatable bonds is 8. The molecule has 1 aromatic carbocycles. The van der Waals surface area contributed by atoms with E-state index in [2.05, 4.69) is 27.4 Å². The fraction of sp³-hybridized carbons (Fsp3) is 0.263. The van der Waals surface area contributed by atoms with Crippen LogP contribution in [-0.4, -0.2) is 28.2 Å². The van der Waals surface area contributed by atoms with Crippen molar-refractivity contribution in [1.29, 1.82) is 0 Å². The molecule has 0 saturated heterocycles. The van der Waals surface area contributed by atoms with Gasteiger partial charge in [0.2, 0.25) is 0 Å². The van der Waals surface area contributed by atoms with E-state index in [0.717, 1.165) is 30.2 Å². The Kier molecular flexibility index (Phi) is 6.07. The second-order valence-corrected chi connectivity index (χ2v) is 6.71. The van der Waals surface area contributed by atoms with Gasteiger partial charge in [-0.15, -0.1) is 11.3 Å². The van der Waals surface area contributed by atoms with Crippen LogP contribution in [0.1, 0.15) is 22.8 Å². The third kappa shape index (κ3) is 4.47. The third-order valence-electron chi connectivity index (χ3n) is 3.88. The van der Waals surface area contributed by atoms with Crippen molar-refractivity contribution in [3.8, 4) is 10.7 Å². The average Bonchev–Trinajstić information content (AvgIpc) is 3.11. The molecule has 2 aromatic heterocycles. The molecule has 1 atom stereocenters. The van der Waals surface area contributed by atoms with Crippen molar-refractivity contribution in [2.75, 3.05) is 13.2 Å². The van der Waals surface area contributed by atoms with Crippen molar-refractivity contribution in [1.82, 2.24) is 15.3 Å². The molecule has 1 unspecified atom stereocenters. The summed E-state index contributed by atoms with van der Waals surface area (Å²) in [4.78, 5) is 9.98. The number of hydrogen-bond acceptors (Lipinski definition) is 5. The van der Waals surface area contributed by atoms with Crippen LogP contribution < -0.4 is 5.32 Å². The molecule has 5 heteroatoms. The highest BCUT2D eigenvalue weighted by atomic mass is 32.1. The number of aliphatic hydroxyl groups is 1. The standard InChI is InChI=1S/C19H21N3OS/c23-11-9-16(15-6-2-1-3-7-15)12-20-13-17-14-22-19(24-17)18-8-4-5-10-21-18/h1-8,10,14,16,20,23H,9,11-13H2. The van der Waals surface area contributed by atoms with Crippen LogP contribution in [0, 0.1) is 0 Å². The number of pyridine rings is 1. The van der Waals surface area contributed by atoms with Gasteiger partial charge in [-0.1, -0.05) is 36.4 Å². The Morgan fingerprint density at radius 3 is 2.62 bits per heavy atom. The summed E-state index contributed by atoms with van der Waals surface area (Å²) in [5.74, 6) is 0.319. The lowest BCUT2D eigenvalue weighted by Crippen LogP contribution is -2.21. The zero-order chi connectivity index (χ0) is 16.6. The summed E-state index contributed by atoms with van der Waals surface area (Å²) in [6, 6.07) is 16.2. The minimum Gasteiger partial charge on any atom is -0.396 e. The molecule has 0 aliphatic rings. The highest BCUT2D eigenvalue weighted by molar-refractivity contribution is 7.14. The Morgan fingerprint density at radius 2 is 1.88 bits per heavy atom. The molecule has 0 aliphatic heterocycles. The van der Waals surface area contributed by atoms with Crippen LogP contribution in [0.15, 0.2) is 60.9 Å². The van der Waals surface area contributed by atoms with Crippen LogP contribution in [0.2, 0.25) is 0 Å². The fourth-order valence-corrected chi connectivity index (χ4v) is 3.49. The summed E-state index contributed by atoms with van der Waals surface area (Å²) in [6.45, 7) is 1.81. The highest BCUT2D eigenvalue weighted by Gasteiger charge is 2.11. The first-order valence-corrected chi connectivity index (χ1v) is 8.91. The van der Waals surface area contributed by atoms with Gasteiger partial charge in [0.15, 0.2) is 0 Å². The van der Waals surface area contributed by atoms with E-state index >= 15 is 0 Å². The van der Waals surface area contributed by atoms with Crippen LogP contribution in [0.3, 0.4) is 0 Å². The summed E-state index contributed by atoms with van der Waals surface area (Å²) in [7, 11) is 0. The van der Waals surface area contributed by atoms with Crippen LogP contribution in [0.25, 0.3) is 10.7 Å². The van der Waals surface area contributed by atoms with Crippen LogP contribution in [-0.2, 0) is 6.54 Å². The number of nitrogens with zero attached hydrogens (tertiary/aromatic N) is 2. The predicted molar refractivity (Wildman–Crippen MR) is 97.9 cm³/mol. The van der Waals surface area contributed by atoms with Gasteiger partial charge in [0.25, 0.3) is 0 Å². The maximum absolute atomic E-state index is 9.30. The van der Waals surface area contributed by atoms with Gasteiger partial charge >= 0.3 is 0 Å². The minimum atomic E-state index is 0.200. The normalized spacial score (nSPS) is 12.2. The van der Waals surface area contributed by atoms with Crippen LogP contribution >= 0.6 is 11.3 Å². The highest BCUT2D eigenvalue weighted by Crippen LogP contribution is 2.23. The van der Waals surface area contributed by atoms with Crippen LogP contribution in [0.4, 0.5) is 0 Å². The number of hydrogen-bond donors (Lipinski definition) is 2. The zero-order valence-corrected chi connectivity index (χ0v) is 14.2. The average molecular weight is 339 g/mol. The Labute approximate surface area is 146 Å². The number of benzene rings is 1. The first-order valence-electron chi connectivity index (χ1n) is 8.09. The van der Waals surface area contributed by atoms with Gasteiger partial charge in [0.1, 0.15) is 5.01 Å². The summed E-state index contributed by atoms with van der Waals surface area (Å²) < 4.78 is 0.